The summed E-state index contributed by atoms with van der Waals surface area (Å²) in [6.07, 6.45) is 2.52. The fourth-order valence-electron chi connectivity index (χ4n) is 3.60. The van der Waals surface area contributed by atoms with E-state index in [-0.39, 0.29) is 0 Å². The Labute approximate surface area is 146 Å². The second-order valence-electron chi connectivity index (χ2n) is 6.71. The van der Waals surface area contributed by atoms with E-state index in [2.05, 4.69) is 43.9 Å². The summed E-state index contributed by atoms with van der Waals surface area (Å²) in [5.41, 5.74) is 1.12. The van der Waals surface area contributed by atoms with Crippen molar-refractivity contribution in [3.8, 4) is 0 Å². The third kappa shape index (κ3) is 3.35. The quantitative estimate of drug-likeness (QED) is 0.729. The Bertz CT molecular complexity index is 804. The summed E-state index contributed by atoms with van der Waals surface area (Å²) in [6, 6.07) is 8.41. The first-order chi connectivity index (χ1) is 11.7. The zero-order valence-corrected chi connectivity index (χ0v) is 15.1. The molecule has 0 aliphatic carbocycles. The molecule has 0 unspecified atom stereocenters. The lowest BCUT2D eigenvalue weighted by atomic mass is 9.98. The van der Waals surface area contributed by atoms with Crippen LogP contribution in [0.2, 0.25) is 0 Å². The first-order valence-corrected chi connectivity index (χ1v) is 9.44. The SMILES string of the molecule is Cc1nc(C)n(C[C@H]2CCCN(Cc3nc4ccccc4s3)C2)n1. The highest BCUT2D eigenvalue weighted by atomic mass is 32.1. The summed E-state index contributed by atoms with van der Waals surface area (Å²) in [6.45, 7) is 8.23. The first kappa shape index (κ1) is 15.7. The van der Waals surface area contributed by atoms with Gasteiger partial charge in [-0.05, 0) is 51.3 Å². The molecule has 0 spiro atoms. The van der Waals surface area contributed by atoms with Gasteiger partial charge in [0.25, 0.3) is 0 Å². The summed E-state index contributed by atoms with van der Waals surface area (Å²) < 4.78 is 3.36. The minimum atomic E-state index is 0.646. The zero-order chi connectivity index (χ0) is 16.5. The molecule has 1 saturated heterocycles. The molecule has 1 fully saturated rings. The lowest BCUT2D eigenvalue weighted by molar-refractivity contribution is 0.152. The van der Waals surface area contributed by atoms with E-state index >= 15 is 0 Å². The minimum absolute atomic E-state index is 0.646. The van der Waals surface area contributed by atoms with Crippen molar-refractivity contribution >= 4 is 21.6 Å². The highest BCUT2D eigenvalue weighted by molar-refractivity contribution is 7.18. The molecule has 0 N–H and O–H groups in total. The number of fused-ring (bicyclic) bond motifs is 1. The normalized spacial score (nSPS) is 19.2. The number of benzene rings is 1. The Kier molecular flexibility index (Phi) is 4.33. The molecule has 0 saturated carbocycles. The van der Waals surface area contributed by atoms with Gasteiger partial charge in [0.15, 0.2) is 0 Å². The van der Waals surface area contributed by atoms with Crippen LogP contribution in [0.4, 0.5) is 0 Å². The molecule has 4 rings (SSSR count). The van der Waals surface area contributed by atoms with Gasteiger partial charge in [-0.15, -0.1) is 11.3 Å². The Morgan fingerprint density at radius 3 is 2.88 bits per heavy atom. The number of aromatic nitrogens is 4. The topological polar surface area (TPSA) is 46.8 Å². The van der Waals surface area contributed by atoms with Crippen molar-refractivity contribution in [2.24, 2.45) is 5.92 Å². The molecule has 2 aromatic heterocycles. The average molecular weight is 341 g/mol. The number of rotatable bonds is 4. The van der Waals surface area contributed by atoms with Crippen LogP contribution in [0, 0.1) is 19.8 Å². The zero-order valence-electron chi connectivity index (χ0n) is 14.3. The van der Waals surface area contributed by atoms with E-state index in [1.165, 1.54) is 29.1 Å². The van der Waals surface area contributed by atoms with E-state index in [4.69, 9.17) is 4.98 Å². The third-order valence-corrected chi connectivity index (χ3v) is 5.72. The van der Waals surface area contributed by atoms with Crippen LogP contribution in [0.25, 0.3) is 10.2 Å². The summed E-state index contributed by atoms with van der Waals surface area (Å²) in [5.74, 6) is 2.54. The second-order valence-corrected chi connectivity index (χ2v) is 7.82. The molecule has 0 radical (unpaired) electrons. The minimum Gasteiger partial charge on any atom is -0.296 e. The van der Waals surface area contributed by atoms with E-state index in [1.807, 2.05) is 25.2 Å². The molecule has 5 nitrogen and oxygen atoms in total. The molecule has 6 heteroatoms. The van der Waals surface area contributed by atoms with Crippen LogP contribution in [0.5, 0.6) is 0 Å². The van der Waals surface area contributed by atoms with E-state index < -0.39 is 0 Å². The molecular weight excluding hydrogens is 318 g/mol. The van der Waals surface area contributed by atoms with Gasteiger partial charge in [-0.3, -0.25) is 4.90 Å². The molecule has 1 aromatic carbocycles. The predicted octanol–water partition coefficient (Wildman–Crippen LogP) is 3.42. The van der Waals surface area contributed by atoms with Crippen molar-refractivity contribution in [3.63, 3.8) is 0 Å². The monoisotopic (exact) mass is 341 g/mol. The number of thiazole rings is 1. The van der Waals surface area contributed by atoms with Crippen LogP contribution in [-0.4, -0.2) is 37.7 Å². The second kappa shape index (κ2) is 6.61. The maximum atomic E-state index is 4.78. The van der Waals surface area contributed by atoms with Gasteiger partial charge in [-0.2, -0.15) is 5.10 Å². The van der Waals surface area contributed by atoms with Gasteiger partial charge in [0.05, 0.1) is 16.8 Å². The van der Waals surface area contributed by atoms with Crippen molar-refractivity contribution in [2.45, 2.75) is 39.8 Å². The molecule has 1 atom stereocenters. The van der Waals surface area contributed by atoms with E-state index in [0.717, 1.165) is 36.8 Å². The summed E-state index contributed by atoms with van der Waals surface area (Å²) in [5, 5.41) is 5.75. The standard InChI is InChI=1S/C18H23N5S/c1-13-19-14(2)23(21-13)11-15-6-5-9-22(10-15)12-18-20-16-7-3-4-8-17(16)24-18/h3-4,7-8,15H,5-6,9-12H2,1-2H3/t15-/m0/s1. The van der Waals surface area contributed by atoms with Crippen molar-refractivity contribution in [3.05, 3.63) is 40.9 Å². The van der Waals surface area contributed by atoms with Crippen LogP contribution in [-0.2, 0) is 13.1 Å². The molecule has 1 aliphatic rings. The van der Waals surface area contributed by atoms with Crippen LogP contribution >= 0.6 is 11.3 Å². The largest absolute Gasteiger partial charge is 0.296 e. The van der Waals surface area contributed by atoms with Gasteiger partial charge in [-0.25, -0.2) is 14.6 Å². The fraction of sp³-hybridized carbons (Fsp3) is 0.500. The molecular formula is C18H23N5S. The third-order valence-electron chi connectivity index (χ3n) is 4.69. The number of aryl methyl sites for hydroxylation is 2. The van der Waals surface area contributed by atoms with E-state index in [9.17, 15) is 0 Å². The van der Waals surface area contributed by atoms with Crippen LogP contribution in [0.1, 0.15) is 29.5 Å². The van der Waals surface area contributed by atoms with Gasteiger partial charge >= 0.3 is 0 Å². The molecule has 3 aromatic rings. The molecule has 126 valence electrons. The van der Waals surface area contributed by atoms with Crippen LogP contribution in [0.15, 0.2) is 24.3 Å². The fourth-order valence-corrected chi connectivity index (χ4v) is 4.61. The van der Waals surface area contributed by atoms with Crippen LogP contribution in [0.3, 0.4) is 0 Å². The maximum Gasteiger partial charge on any atom is 0.147 e. The smallest absolute Gasteiger partial charge is 0.147 e. The number of para-hydroxylation sites is 1. The van der Waals surface area contributed by atoms with Gasteiger partial charge in [0, 0.05) is 13.1 Å². The number of hydrogen-bond donors (Lipinski definition) is 0. The predicted molar refractivity (Wildman–Crippen MR) is 97.1 cm³/mol. The van der Waals surface area contributed by atoms with E-state index in [1.54, 1.807) is 0 Å². The lowest BCUT2D eigenvalue weighted by Crippen LogP contribution is -2.36. The van der Waals surface area contributed by atoms with Crippen molar-refractivity contribution in [2.75, 3.05) is 13.1 Å². The van der Waals surface area contributed by atoms with Gasteiger partial charge in [0.1, 0.15) is 16.7 Å². The summed E-state index contributed by atoms with van der Waals surface area (Å²) in [4.78, 5) is 11.7. The number of likely N-dealkylation sites (tertiary alicyclic amines) is 1. The average Bonchev–Trinajstić information content (AvgIpc) is 3.10. The molecule has 1 aliphatic heterocycles. The molecule has 3 heterocycles. The number of hydrogen-bond acceptors (Lipinski definition) is 5. The van der Waals surface area contributed by atoms with Crippen LogP contribution < -0.4 is 0 Å². The molecule has 0 amide bonds. The summed E-state index contributed by atoms with van der Waals surface area (Å²) >= 11 is 1.82. The Morgan fingerprint density at radius 1 is 1.21 bits per heavy atom. The number of piperidine rings is 1. The van der Waals surface area contributed by atoms with Gasteiger partial charge in [0.2, 0.25) is 0 Å². The Morgan fingerprint density at radius 2 is 2.08 bits per heavy atom. The lowest BCUT2D eigenvalue weighted by Gasteiger charge is -2.32. The van der Waals surface area contributed by atoms with Gasteiger partial charge < -0.3 is 0 Å². The molecule has 24 heavy (non-hydrogen) atoms. The summed E-state index contributed by atoms with van der Waals surface area (Å²) in [7, 11) is 0. The Hall–Kier alpha value is -1.79. The van der Waals surface area contributed by atoms with E-state index in [0.29, 0.717) is 5.92 Å². The molecule has 0 bridgehead atoms. The van der Waals surface area contributed by atoms with Gasteiger partial charge in [-0.1, -0.05) is 12.1 Å². The first-order valence-electron chi connectivity index (χ1n) is 8.62. The number of nitrogens with zero attached hydrogens (tertiary/aromatic N) is 5. The van der Waals surface area contributed by atoms with Crippen molar-refractivity contribution in [1.82, 2.24) is 24.6 Å². The van der Waals surface area contributed by atoms with Crippen molar-refractivity contribution in [1.29, 1.82) is 0 Å². The highest BCUT2D eigenvalue weighted by Crippen LogP contribution is 2.25. The maximum absolute atomic E-state index is 4.78. The van der Waals surface area contributed by atoms with Crippen molar-refractivity contribution < 1.29 is 0 Å². The highest BCUT2D eigenvalue weighted by Gasteiger charge is 2.22. The Balaban J connectivity index is 1.42.